The Kier molecular flexibility index (Phi) is 10.00. The maximum absolute atomic E-state index is 14.1. The summed E-state index contributed by atoms with van der Waals surface area (Å²) in [5, 5.41) is 15.4. The van der Waals surface area contributed by atoms with E-state index in [0.29, 0.717) is 11.1 Å². The van der Waals surface area contributed by atoms with Crippen molar-refractivity contribution in [1.29, 1.82) is 0 Å². The molecule has 0 heterocycles. The van der Waals surface area contributed by atoms with E-state index >= 15 is 0 Å². The van der Waals surface area contributed by atoms with Crippen molar-refractivity contribution in [3.05, 3.63) is 65.2 Å². The van der Waals surface area contributed by atoms with E-state index in [9.17, 15) is 19.5 Å². The topological polar surface area (TPSA) is 108 Å². The molecule has 208 valence electrons. The van der Waals surface area contributed by atoms with Gasteiger partial charge in [0, 0.05) is 18.5 Å². The normalized spacial score (nSPS) is 15.4. The minimum absolute atomic E-state index is 0.0141. The van der Waals surface area contributed by atoms with E-state index in [2.05, 4.69) is 16.7 Å². The number of aromatic hydroxyl groups is 1. The molecule has 1 aliphatic carbocycles. The van der Waals surface area contributed by atoms with Crippen LogP contribution >= 0.6 is 0 Å². The summed E-state index contributed by atoms with van der Waals surface area (Å²) >= 11 is 0. The van der Waals surface area contributed by atoms with Crippen molar-refractivity contribution in [2.45, 2.75) is 89.9 Å². The van der Waals surface area contributed by atoms with Crippen molar-refractivity contribution in [1.82, 2.24) is 15.5 Å². The highest BCUT2D eigenvalue weighted by atomic mass is 16.6. The van der Waals surface area contributed by atoms with Crippen LogP contribution in [0.4, 0.5) is 4.79 Å². The molecular formula is C31H39N3O5. The van der Waals surface area contributed by atoms with E-state index in [1.165, 1.54) is 12.1 Å². The number of aryl methyl sites for hydroxylation is 1. The highest BCUT2D eigenvalue weighted by Gasteiger charge is 2.37. The first-order chi connectivity index (χ1) is 18.5. The molecule has 0 aliphatic heterocycles. The number of hydrogen-bond donors (Lipinski definition) is 3. The number of phenols is 1. The van der Waals surface area contributed by atoms with Gasteiger partial charge in [0.2, 0.25) is 5.91 Å². The van der Waals surface area contributed by atoms with Gasteiger partial charge in [-0.25, -0.2) is 4.79 Å². The Balaban J connectivity index is 1.97. The molecule has 1 aliphatic rings. The average Bonchev–Trinajstić information content (AvgIpc) is 2.88. The minimum atomic E-state index is -1.13. The van der Waals surface area contributed by atoms with Gasteiger partial charge in [0.1, 0.15) is 23.4 Å². The predicted molar refractivity (Wildman–Crippen MR) is 150 cm³/mol. The van der Waals surface area contributed by atoms with Gasteiger partial charge >= 0.3 is 6.09 Å². The first kappa shape index (κ1) is 29.6. The summed E-state index contributed by atoms with van der Waals surface area (Å²) in [6, 6.07) is 13.8. The number of nitrogens with zero attached hydrogens (tertiary/aromatic N) is 1. The Bertz CT molecular complexity index is 1190. The molecule has 3 rings (SSSR count). The lowest BCUT2D eigenvalue weighted by atomic mass is 9.93. The van der Waals surface area contributed by atoms with Crippen molar-refractivity contribution < 1.29 is 24.2 Å². The maximum Gasteiger partial charge on any atom is 0.408 e. The van der Waals surface area contributed by atoms with E-state index in [4.69, 9.17) is 11.2 Å². The SMILES string of the molecule is C#CN(C(=O)C(Cc1ccc(O)cc1)NC(=O)OC(C)(C)C)C(C(=O)NC1CCCCC1)c1ccccc1C. The molecule has 39 heavy (non-hydrogen) atoms. The van der Waals surface area contributed by atoms with E-state index in [-0.39, 0.29) is 24.1 Å². The van der Waals surface area contributed by atoms with E-state index in [1.807, 2.05) is 19.1 Å². The molecule has 0 saturated heterocycles. The van der Waals surface area contributed by atoms with E-state index in [1.54, 1.807) is 45.0 Å². The summed E-state index contributed by atoms with van der Waals surface area (Å²) in [5.74, 6) is -0.905. The van der Waals surface area contributed by atoms with Crippen LogP contribution in [0.5, 0.6) is 5.75 Å². The molecule has 2 aromatic rings. The van der Waals surface area contributed by atoms with Crippen LogP contribution in [0.3, 0.4) is 0 Å². The zero-order valence-electron chi connectivity index (χ0n) is 23.2. The van der Waals surface area contributed by atoms with Crippen LogP contribution < -0.4 is 10.6 Å². The second-order valence-corrected chi connectivity index (χ2v) is 11.0. The molecule has 3 N–H and O–H groups in total. The van der Waals surface area contributed by atoms with Gasteiger partial charge in [0.15, 0.2) is 0 Å². The Morgan fingerprint density at radius 1 is 1.08 bits per heavy atom. The summed E-state index contributed by atoms with van der Waals surface area (Å²) < 4.78 is 5.41. The van der Waals surface area contributed by atoms with E-state index in [0.717, 1.165) is 42.6 Å². The Morgan fingerprint density at radius 3 is 2.31 bits per heavy atom. The van der Waals surface area contributed by atoms with Crippen LogP contribution in [0, 0.1) is 19.4 Å². The van der Waals surface area contributed by atoms with Crippen LogP contribution in [0.25, 0.3) is 0 Å². The van der Waals surface area contributed by atoms with Crippen molar-refractivity contribution in [2.24, 2.45) is 0 Å². The summed E-state index contributed by atoms with van der Waals surface area (Å²) in [4.78, 5) is 41.6. The molecule has 0 radical (unpaired) electrons. The molecule has 0 bridgehead atoms. The molecule has 0 spiro atoms. The maximum atomic E-state index is 14.1. The van der Waals surface area contributed by atoms with Gasteiger partial charge in [0.05, 0.1) is 0 Å². The monoisotopic (exact) mass is 533 g/mol. The van der Waals surface area contributed by atoms with Gasteiger partial charge in [-0.05, 0) is 69.4 Å². The molecule has 2 aromatic carbocycles. The number of nitrogens with one attached hydrogen (secondary N) is 2. The molecule has 8 nitrogen and oxygen atoms in total. The fourth-order valence-electron chi connectivity index (χ4n) is 4.77. The Morgan fingerprint density at radius 2 is 1.72 bits per heavy atom. The number of terminal acetylenes is 1. The van der Waals surface area contributed by atoms with Crippen molar-refractivity contribution >= 4 is 17.9 Å². The standard InChI is InChI=1S/C31H39N3O5/c1-6-34(27(25-15-11-10-12-21(25)2)28(36)32-23-13-8-7-9-14-23)29(37)26(33-30(38)39-31(3,4)5)20-22-16-18-24(35)19-17-22/h1,10-12,15-19,23,26-27,35H,7-9,13-14,20H2,2-5H3,(H,32,36)(H,33,38). The highest BCUT2D eigenvalue weighted by Crippen LogP contribution is 2.27. The van der Waals surface area contributed by atoms with Crippen molar-refractivity contribution in [3.8, 4) is 18.2 Å². The summed E-state index contributed by atoms with van der Waals surface area (Å²) in [6.45, 7) is 7.03. The number of phenolic OH excluding ortho intramolecular Hbond substituents is 1. The average molecular weight is 534 g/mol. The molecule has 0 aromatic heterocycles. The number of alkyl carbamates (subject to hydrolysis) is 1. The highest BCUT2D eigenvalue weighted by molar-refractivity contribution is 5.93. The summed E-state index contributed by atoms with van der Waals surface area (Å²) in [6.07, 6.45) is 10.2. The molecule has 3 amide bonds. The van der Waals surface area contributed by atoms with Gasteiger partial charge in [-0.2, -0.15) is 0 Å². The summed E-state index contributed by atoms with van der Waals surface area (Å²) in [7, 11) is 0. The molecule has 2 unspecified atom stereocenters. The van der Waals surface area contributed by atoms with E-state index < -0.39 is 29.7 Å². The first-order valence-corrected chi connectivity index (χ1v) is 13.4. The zero-order valence-corrected chi connectivity index (χ0v) is 23.2. The third kappa shape index (κ3) is 8.51. The quantitative estimate of drug-likeness (QED) is 0.335. The van der Waals surface area contributed by atoms with Crippen LogP contribution in [0.15, 0.2) is 48.5 Å². The van der Waals surface area contributed by atoms with Crippen LogP contribution in [0.1, 0.15) is 75.6 Å². The number of carbonyl (C=O) groups excluding carboxylic acids is 3. The fraction of sp³-hybridized carbons (Fsp3) is 0.452. The molecule has 1 saturated carbocycles. The Labute approximate surface area is 231 Å². The number of ether oxygens (including phenoxy) is 1. The van der Waals surface area contributed by atoms with Gasteiger partial charge in [-0.3, -0.25) is 14.5 Å². The van der Waals surface area contributed by atoms with Crippen LogP contribution in [-0.2, 0) is 20.7 Å². The third-order valence-corrected chi connectivity index (χ3v) is 6.68. The fourth-order valence-corrected chi connectivity index (χ4v) is 4.77. The van der Waals surface area contributed by atoms with Crippen LogP contribution in [0.2, 0.25) is 0 Å². The predicted octanol–water partition coefficient (Wildman–Crippen LogP) is 4.75. The lowest BCUT2D eigenvalue weighted by Gasteiger charge is -2.32. The van der Waals surface area contributed by atoms with Gasteiger partial charge in [0.25, 0.3) is 5.91 Å². The van der Waals surface area contributed by atoms with Crippen molar-refractivity contribution in [2.75, 3.05) is 0 Å². The molecule has 1 fully saturated rings. The first-order valence-electron chi connectivity index (χ1n) is 13.4. The molecular weight excluding hydrogens is 494 g/mol. The molecule has 8 heteroatoms. The largest absolute Gasteiger partial charge is 0.508 e. The Hall–Kier alpha value is -3.99. The van der Waals surface area contributed by atoms with Gasteiger partial charge in [-0.1, -0.05) is 62.1 Å². The smallest absolute Gasteiger partial charge is 0.408 e. The van der Waals surface area contributed by atoms with Crippen molar-refractivity contribution in [3.63, 3.8) is 0 Å². The second kappa shape index (κ2) is 13.2. The number of amides is 3. The lowest BCUT2D eigenvalue weighted by Crippen LogP contribution is -2.53. The number of hydrogen-bond acceptors (Lipinski definition) is 5. The van der Waals surface area contributed by atoms with Gasteiger partial charge in [-0.15, -0.1) is 0 Å². The number of benzene rings is 2. The van der Waals surface area contributed by atoms with Gasteiger partial charge < -0.3 is 20.5 Å². The second-order valence-electron chi connectivity index (χ2n) is 11.0. The zero-order chi connectivity index (χ0) is 28.6. The summed E-state index contributed by atoms with van der Waals surface area (Å²) in [5.41, 5.74) is 1.31. The lowest BCUT2D eigenvalue weighted by molar-refractivity contribution is -0.139. The van der Waals surface area contributed by atoms with Crippen LogP contribution in [-0.4, -0.2) is 45.6 Å². The number of carbonyl (C=O) groups is 3. The molecule has 2 atom stereocenters. The third-order valence-electron chi connectivity index (χ3n) is 6.68. The minimum Gasteiger partial charge on any atom is -0.508 e. The number of rotatable bonds is 8.